The van der Waals surface area contributed by atoms with Crippen LogP contribution in [0, 0.1) is 0 Å². The fourth-order valence-electron chi connectivity index (χ4n) is 4.53. The zero-order chi connectivity index (χ0) is 19.6. The molecule has 1 saturated heterocycles. The van der Waals surface area contributed by atoms with Gasteiger partial charge in [-0.3, -0.25) is 0 Å². The minimum absolute atomic E-state index is 0.122. The second kappa shape index (κ2) is 7.82. The molecule has 0 unspecified atom stereocenters. The van der Waals surface area contributed by atoms with Gasteiger partial charge in [-0.15, -0.1) is 0 Å². The maximum absolute atomic E-state index is 9.65. The number of rotatable bonds is 4. The molecular weight excluding hydrogens is 358 g/mol. The van der Waals surface area contributed by atoms with Crippen molar-refractivity contribution in [1.29, 1.82) is 0 Å². The fourth-order valence-corrected chi connectivity index (χ4v) is 4.53. The van der Waals surface area contributed by atoms with E-state index < -0.39 is 0 Å². The van der Waals surface area contributed by atoms with E-state index in [-0.39, 0.29) is 6.61 Å². The van der Waals surface area contributed by atoms with Gasteiger partial charge in [-0.25, -0.2) is 0 Å². The summed E-state index contributed by atoms with van der Waals surface area (Å²) in [6.07, 6.45) is 0. The van der Waals surface area contributed by atoms with Crippen molar-refractivity contribution in [2.75, 3.05) is 37.7 Å². The highest BCUT2D eigenvalue weighted by molar-refractivity contribution is 6.07. The Bertz CT molecular complexity index is 1090. The van der Waals surface area contributed by atoms with Gasteiger partial charge in [-0.1, -0.05) is 36.4 Å². The quantitative estimate of drug-likeness (QED) is 0.419. The zero-order valence-electron chi connectivity index (χ0n) is 16.5. The lowest BCUT2D eigenvalue weighted by Crippen LogP contribution is -2.43. The molecule has 3 aromatic carbocycles. The number of aliphatic hydroxyl groups excluding tert-OH is 1. The van der Waals surface area contributed by atoms with Crippen LogP contribution in [0.25, 0.3) is 32.9 Å². The molecular formula is C25H26N3O+. The van der Waals surface area contributed by atoms with Crippen LogP contribution in [0.2, 0.25) is 0 Å². The smallest absolute Gasteiger partial charge is 0.213 e. The Balaban J connectivity index is 1.70. The molecule has 1 aromatic heterocycles. The number of nitrogens with zero attached hydrogens (tertiary/aromatic N) is 2. The van der Waals surface area contributed by atoms with E-state index in [1.54, 1.807) is 0 Å². The van der Waals surface area contributed by atoms with Crippen molar-refractivity contribution in [2.45, 2.75) is 6.54 Å². The Kier molecular flexibility index (Phi) is 4.88. The molecule has 0 bridgehead atoms. The van der Waals surface area contributed by atoms with Crippen molar-refractivity contribution in [3.63, 3.8) is 0 Å². The summed E-state index contributed by atoms with van der Waals surface area (Å²) in [5.74, 6) is 0. The largest absolute Gasteiger partial charge is 0.390 e. The molecule has 0 atom stereocenters. The number of aromatic nitrogens is 1. The SMILES string of the molecule is OCC[n+]1c2ccccc2c(-c2ccc(N3CCNCC3)cc2)c2ccccc21. The molecule has 0 radical (unpaired) electrons. The van der Waals surface area contributed by atoms with E-state index in [9.17, 15) is 5.11 Å². The van der Waals surface area contributed by atoms with Crippen LogP contribution < -0.4 is 14.8 Å². The van der Waals surface area contributed by atoms with Gasteiger partial charge in [-0.2, -0.15) is 4.57 Å². The summed E-state index contributed by atoms with van der Waals surface area (Å²) in [4.78, 5) is 2.44. The van der Waals surface area contributed by atoms with Crippen LogP contribution in [0.15, 0.2) is 72.8 Å². The van der Waals surface area contributed by atoms with E-state index in [4.69, 9.17) is 0 Å². The third kappa shape index (κ3) is 3.24. The first kappa shape index (κ1) is 18.1. The minimum atomic E-state index is 0.122. The number of aliphatic hydroxyl groups is 1. The predicted octanol–water partition coefficient (Wildman–Crippen LogP) is 3.35. The summed E-state index contributed by atoms with van der Waals surface area (Å²) in [6.45, 7) is 4.90. The number of benzene rings is 3. The van der Waals surface area contributed by atoms with Gasteiger partial charge < -0.3 is 15.3 Å². The van der Waals surface area contributed by atoms with Gasteiger partial charge >= 0.3 is 0 Å². The molecule has 4 nitrogen and oxygen atoms in total. The van der Waals surface area contributed by atoms with Gasteiger partial charge in [0.2, 0.25) is 11.0 Å². The molecule has 1 fully saturated rings. The molecule has 0 saturated carbocycles. The Labute approximate surface area is 171 Å². The van der Waals surface area contributed by atoms with Crippen molar-refractivity contribution in [3.05, 3.63) is 72.8 Å². The molecule has 1 aliphatic rings. The van der Waals surface area contributed by atoms with Crippen LogP contribution in [0.3, 0.4) is 0 Å². The van der Waals surface area contributed by atoms with E-state index in [1.807, 2.05) is 0 Å². The van der Waals surface area contributed by atoms with Crippen molar-refractivity contribution in [3.8, 4) is 11.1 Å². The maximum Gasteiger partial charge on any atom is 0.213 e. The first-order chi connectivity index (χ1) is 14.4. The summed E-state index contributed by atoms with van der Waals surface area (Å²) in [5, 5.41) is 15.5. The van der Waals surface area contributed by atoms with Crippen LogP contribution in [-0.2, 0) is 6.54 Å². The average molecular weight is 385 g/mol. The first-order valence-corrected chi connectivity index (χ1v) is 10.4. The molecule has 1 aliphatic heterocycles. The summed E-state index contributed by atoms with van der Waals surface area (Å²) < 4.78 is 2.23. The summed E-state index contributed by atoms with van der Waals surface area (Å²) in [5.41, 5.74) is 6.09. The lowest BCUT2D eigenvalue weighted by atomic mass is 9.95. The second-order valence-electron chi connectivity index (χ2n) is 7.57. The van der Waals surface area contributed by atoms with Gasteiger partial charge in [0.1, 0.15) is 6.61 Å². The van der Waals surface area contributed by atoms with Gasteiger partial charge in [0, 0.05) is 49.6 Å². The van der Waals surface area contributed by atoms with Crippen LogP contribution in [0.1, 0.15) is 0 Å². The molecule has 4 aromatic rings. The van der Waals surface area contributed by atoms with Crippen molar-refractivity contribution >= 4 is 27.5 Å². The van der Waals surface area contributed by atoms with E-state index in [2.05, 4.69) is 87.6 Å². The highest BCUT2D eigenvalue weighted by Gasteiger charge is 2.20. The van der Waals surface area contributed by atoms with Crippen molar-refractivity contribution in [2.24, 2.45) is 0 Å². The molecule has 29 heavy (non-hydrogen) atoms. The van der Waals surface area contributed by atoms with E-state index in [1.165, 1.54) is 27.6 Å². The van der Waals surface area contributed by atoms with Crippen LogP contribution in [0.4, 0.5) is 5.69 Å². The molecule has 4 heteroatoms. The monoisotopic (exact) mass is 384 g/mol. The molecule has 0 amide bonds. The topological polar surface area (TPSA) is 39.4 Å². The molecule has 2 heterocycles. The van der Waals surface area contributed by atoms with E-state index in [0.717, 1.165) is 37.2 Å². The van der Waals surface area contributed by atoms with Gasteiger partial charge in [-0.05, 0) is 29.8 Å². The Hall–Kier alpha value is -2.95. The van der Waals surface area contributed by atoms with Crippen LogP contribution in [0.5, 0.6) is 0 Å². The van der Waals surface area contributed by atoms with Gasteiger partial charge in [0.05, 0.1) is 10.8 Å². The number of nitrogens with one attached hydrogen (secondary N) is 1. The van der Waals surface area contributed by atoms with Crippen LogP contribution >= 0.6 is 0 Å². The predicted molar refractivity (Wildman–Crippen MR) is 119 cm³/mol. The highest BCUT2D eigenvalue weighted by atomic mass is 16.3. The number of piperazine rings is 1. The second-order valence-corrected chi connectivity index (χ2v) is 7.57. The number of anilines is 1. The van der Waals surface area contributed by atoms with Crippen LogP contribution in [-0.4, -0.2) is 37.9 Å². The Morgan fingerprint density at radius 1 is 0.793 bits per heavy atom. The third-order valence-corrected chi connectivity index (χ3v) is 5.89. The van der Waals surface area contributed by atoms with Crippen molar-refractivity contribution < 1.29 is 9.67 Å². The Morgan fingerprint density at radius 2 is 1.38 bits per heavy atom. The zero-order valence-corrected chi connectivity index (χ0v) is 16.5. The standard InChI is InChI=1S/C25H26N3O/c29-18-17-28-23-7-3-1-5-21(23)25(22-6-2-4-8-24(22)28)19-9-11-20(12-10-19)27-15-13-26-14-16-27/h1-12,26,29H,13-18H2/q+1. The van der Waals surface area contributed by atoms with Gasteiger partial charge in [0.15, 0.2) is 6.54 Å². The summed E-state index contributed by atoms with van der Waals surface area (Å²) >= 11 is 0. The highest BCUT2D eigenvalue weighted by Crippen LogP contribution is 2.34. The Morgan fingerprint density at radius 3 is 1.97 bits per heavy atom. The molecule has 0 aliphatic carbocycles. The number of fused-ring (bicyclic) bond motifs is 2. The average Bonchev–Trinajstić information content (AvgIpc) is 2.80. The van der Waals surface area contributed by atoms with Crippen molar-refractivity contribution in [1.82, 2.24) is 5.32 Å². The molecule has 5 rings (SSSR count). The van der Waals surface area contributed by atoms with E-state index >= 15 is 0 Å². The normalized spacial score (nSPS) is 14.6. The fraction of sp³-hybridized carbons (Fsp3) is 0.240. The number of hydrogen-bond donors (Lipinski definition) is 2. The molecule has 0 spiro atoms. The lowest BCUT2D eigenvalue weighted by Gasteiger charge is -2.29. The van der Waals surface area contributed by atoms with Gasteiger partial charge in [0.25, 0.3) is 0 Å². The minimum Gasteiger partial charge on any atom is -0.390 e. The lowest BCUT2D eigenvalue weighted by molar-refractivity contribution is -0.646. The first-order valence-electron chi connectivity index (χ1n) is 10.4. The summed E-state index contributed by atoms with van der Waals surface area (Å²) in [7, 11) is 0. The maximum atomic E-state index is 9.65. The number of pyridine rings is 1. The number of hydrogen-bond acceptors (Lipinski definition) is 3. The molecule has 146 valence electrons. The third-order valence-electron chi connectivity index (χ3n) is 5.89. The summed E-state index contributed by atoms with van der Waals surface area (Å²) in [6, 6.07) is 26.0. The number of para-hydroxylation sites is 2. The molecule has 2 N–H and O–H groups in total. The van der Waals surface area contributed by atoms with E-state index in [0.29, 0.717) is 6.54 Å².